The van der Waals surface area contributed by atoms with Gasteiger partial charge in [0.15, 0.2) is 0 Å². The molecular formula is C19H29NSSi. The van der Waals surface area contributed by atoms with E-state index in [0.29, 0.717) is 5.25 Å². The summed E-state index contributed by atoms with van der Waals surface area (Å²) >= 11 is 1.84. The van der Waals surface area contributed by atoms with Gasteiger partial charge >= 0.3 is 0 Å². The molecule has 0 bridgehead atoms. The van der Waals surface area contributed by atoms with E-state index in [1.54, 1.807) is 0 Å². The van der Waals surface area contributed by atoms with E-state index in [2.05, 4.69) is 51.9 Å². The molecular weight excluding hydrogens is 302 g/mol. The smallest absolute Gasteiger partial charge is 0.146 e. The Morgan fingerprint density at radius 1 is 1.14 bits per heavy atom. The van der Waals surface area contributed by atoms with E-state index in [1.807, 2.05) is 42.1 Å². The zero-order valence-corrected chi connectivity index (χ0v) is 16.6. The molecule has 0 heterocycles. The number of nitrogens with zero attached hydrogens (tertiary/aromatic N) is 1. The first kappa shape index (κ1) is 19.1. The van der Waals surface area contributed by atoms with Gasteiger partial charge in [0.1, 0.15) is 13.1 Å². The highest BCUT2D eigenvalue weighted by atomic mass is 32.2. The first-order chi connectivity index (χ1) is 10.4. The van der Waals surface area contributed by atoms with Crippen LogP contribution in [0.3, 0.4) is 0 Å². The monoisotopic (exact) mass is 331 g/mol. The van der Waals surface area contributed by atoms with Crippen molar-refractivity contribution in [2.45, 2.75) is 58.5 Å². The lowest BCUT2D eigenvalue weighted by Gasteiger charge is -2.20. The van der Waals surface area contributed by atoms with Crippen LogP contribution in [0.25, 0.3) is 0 Å². The number of thioether (sulfide) groups is 1. The minimum atomic E-state index is -1.39. The molecule has 0 fully saturated rings. The first-order valence-electron chi connectivity index (χ1n) is 8.19. The van der Waals surface area contributed by atoms with Gasteiger partial charge in [-0.05, 0) is 24.0 Å². The normalized spacial score (nSPS) is 13.7. The molecule has 0 spiro atoms. The molecule has 0 aromatic heterocycles. The highest BCUT2D eigenvalue weighted by molar-refractivity contribution is 8.15. The van der Waals surface area contributed by atoms with Gasteiger partial charge in [0.25, 0.3) is 0 Å². The maximum absolute atomic E-state index is 4.78. The predicted molar refractivity (Wildman–Crippen MR) is 106 cm³/mol. The lowest BCUT2D eigenvalue weighted by Crippen LogP contribution is -2.18. The second-order valence-corrected chi connectivity index (χ2v) is 12.8. The molecule has 0 saturated carbocycles. The molecule has 1 unspecified atom stereocenters. The molecule has 0 aliphatic rings. The van der Waals surface area contributed by atoms with Gasteiger partial charge in [-0.2, -0.15) is 0 Å². The van der Waals surface area contributed by atoms with Crippen molar-refractivity contribution in [3.05, 3.63) is 30.3 Å². The average molecular weight is 332 g/mol. The van der Waals surface area contributed by atoms with Crippen molar-refractivity contribution in [3.8, 4) is 11.5 Å². The molecule has 0 amide bonds. The van der Waals surface area contributed by atoms with Gasteiger partial charge < -0.3 is 0 Å². The Hall–Kier alpha value is -0.983. The third-order valence-corrected chi connectivity index (χ3v) is 5.59. The van der Waals surface area contributed by atoms with E-state index in [0.717, 1.165) is 16.6 Å². The van der Waals surface area contributed by atoms with Crippen LogP contribution in [-0.2, 0) is 0 Å². The third kappa shape index (κ3) is 7.33. The van der Waals surface area contributed by atoms with E-state index >= 15 is 0 Å². The topological polar surface area (TPSA) is 12.4 Å². The summed E-state index contributed by atoms with van der Waals surface area (Å²) in [6.45, 7) is 13.7. The lowest BCUT2D eigenvalue weighted by atomic mass is 10.0. The molecule has 0 saturated heterocycles. The fourth-order valence-electron chi connectivity index (χ4n) is 2.17. The number of benzene rings is 1. The predicted octanol–water partition coefficient (Wildman–Crippen LogP) is 6.16. The molecule has 1 atom stereocenters. The molecule has 1 aromatic rings. The van der Waals surface area contributed by atoms with Crippen molar-refractivity contribution < 1.29 is 0 Å². The fraction of sp³-hybridized carbons (Fsp3) is 0.526. The maximum Gasteiger partial charge on any atom is 0.146 e. The molecule has 120 valence electrons. The summed E-state index contributed by atoms with van der Waals surface area (Å²) in [4.78, 5) is 4.78. The number of hydrogen-bond donors (Lipinski definition) is 0. The Morgan fingerprint density at radius 2 is 1.73 bits per heavy atom. The van der Waals surface area contributed by atoms with Crippen LogP contribution >= 0.6 is 11.8 Å². The van der Waals surface area contributed by atoms with Crippen molar-refractivity contribution in [1.29, 1.82) is 0 Å². The minimum Gasteiger partial charge on any atom is -0.233 e. The Morgan fingerprint density at radius 3 is 2.23 bits per heavy atom. The highest BCUT2D eigenvalue weighted by Gasteiger charge is 2.16. The van der Waals surface area contributed by atoms with Crippen LogP contribution in [0.2, 0.25) is 19.6 Å². The quantitative estimate of drug-likeness (QED) is 0.272. The van der Waals surface area contributed by atoms with Crippen molar-refractivity contribution in [2.75, 3.05) is 0 Å². The van der Waals surface area contributed by atoms with Crippen LogP contribution in [-0.4, -0.2) is 18.4 Å². The van der Waals surface area contributed by atoms with Gasteiger partial charge in [-0.1, -0.05) is 83.2 Å². The van der Waals surface area contributed by atoms with Crippen LogP contribution in [0, 0.1) is 17.4 Å². The van der Waals surface area contributed by atoms with Crippen molar-refractivity contribution in [3.63, 3.8) is 0 Å². The van der Waals surface area contributed by atoms with E-state index in [9.17, 15) is 0 Å². The van der Waals surface area contributed by atoms with Gasteiger partial charge in [-0.25, -0.2) is 4.99 Å². The van der Waals surface area contributed by atoms with Crippen molar-refractivity contribution in [2.24, 2.45) is 10.9 Å². The van der Waals surface area contributed by atoms with Gasteiger partial charge in [0.05, 0.1) is 5.69 Å². The summed E-state index contributed by atoms with van der Waals surface area (Å²) < 4.78 is 0. The standard InChI is InChI=1S/C19H29NSSi/c1-7-17(8-2)16(3)21-19(14-15-22(4,5)6)20-18-12-10-9-11-13-18/h9-13,16-17H,7-8H2,1-6H3. The maximum atomic E-state index is 4.78. The van der Waals surface area contributed by atoms with Crippen LogP contribution in [0.15, 0.2) is 35.3 Å². The summed E-state index contributed by atoms with van der Waals surface area (Å²) in [6, 6.07) is 10.2. The summed E-state index contributed by atoms with van der Waals surface area (Å²) in [5.74, 6) is 4.09. The highest BCUT2D eigenvalue weighted by Crippen LogP contribution is 2.27. The third-order valence-electron chi connectivity index (χ3n) is 3.54. The zero-order valence-electron chi connectivity index (χ0n) is 14.8. The van der Waals surface area contributed by atoms with Crippen LogP contribution < -0.4 is 0 Å². The van der Waals surface area contributed by atoms with Gasteiger partial charge in [-0.3, -0.25) is 0 Å². The fourth-order valence-corrected chi connectivity index (χ4v) is 3.95. The largest absolute Gasteiger partial charge is 0.233 e. The zero-order chi connectivity index (χ0) is 16.6. The second kappa shape index (κ2) is 9.22. The van der Waals surface area contributed by atoms with E-state index in [-0.39, 0.29) is 0 Å². The average Bonchev–Trinajstić information content (AvgIpc) is 2.46. The van der Waals surface area contributed by atoms with Crippen LogP contribution in [0.5, 0.6) is 0 Å². The van der Waals surface area contributed by atoms with E-state index in [1.165, 1.54) is 12.8 Å². The minimum absolute atomic E-state index is 0.549. The molecule has 22 heavy (non-hydrogen) atoms. The summed E-state index contributed by atoms with van der Waals surface area (Å²) in [6.07, 6.45) is 2.43. The van der Waals surface area contributed by atoms with Crippen molar-refractivity contribution >= 4 is 30.6 Å². The molecule has 0 N–H and O–H groups in total. The number of aliphatic imine (C=N–C) groups is 1. The molecule has 1 aromatic carbocycles. The van der Waals surface area contributed by atoms with Gasteiger partial charge in [0.2, 0.25) is 0 Å². The van der Waals surface area contributed by atoms with Crippen LogP contribution in [0.1, 0.15) is 33.6 Å². The number of hydrogen-bond acceptors (Lipinski definition) is 2. The van der Waals surface area contributed by atoms with E-state index in [4.69, 9.17) is 4.99 Å². The lowest BCUT2D eigenvalue weighted by molar-refractivity contribution is 0.490. The Kier molecular flexibility index (Phi) is 7.99. The Bertz CT molecular complexity index is 530. The van der Waals surface area contributed by atoms with Crippen LogP contribution in [0.4, 0.5) is 5.69 Å². The number of para-hydroxylation sites is 1. The Balaban J connectivity index is 3.01. The molecule has 3 heteroatoms. The van der Waals surface area contributed by atoms with Crippen molar-refractivity contribution in [1.82, 2.24) is 0 Å². The van der Waals surface area contributed by atoms with Gasteiger partial charge in [-0.15, -0.1) is 5.54 Å². The SMILES string of the molecule is CCC(CC)C(C)SC(C#C[Si](C)(C)C)=Nc1ccccc1. The Labute approximate surface area is 142 Å². The summed E-state index contributed by atoms with van der Waals surface area (Å²) in [5.41, 5.74) is 4.45. The second-order valence-electron chi connectivity index (χ2n) is 6.65. The molecule has 0 radical (unpaired) electrons. The number of rotatable bonds is 5. The van der Waals surface area contributed by atoms with Gasteiger partial charge in [0, 0.05) is 5.25 Å². The first-order valence-corrected chi connectivity index (χ1v) is 12.6. The molecule has 0 aliphatic carbocycles. The van der Waals surface area contributed by atoms with E-state index < -0.39 is 8.07 Å². The summed E-state index contributed by atoms with van der Waals surface area (Å²) in [7, 11) is -1.39. The molecule has 1 nitrogen and oxygen atoms in total. The molecule has 1 rings (SSSR count). The molecule has 0 aliphatic heterocycles. The summed E-state index contributed by atoms with van der Waals surface area (Å²) in [5, 5.41) is 1.52.